The molecule has 1 N–H and O–H groups in total. The Hall–Kier alpha value is -2.88. The highest BCUT2D eigenvalue weighted by Gasteiger charge is 2.28. The molecule has 0 saturated heterocycles. The number of rotatable bonds is 9. The number of nitro groups is 1. The maximum absolute atomic E-state index is 12.0. The Morgan fingerprint density at radius 2 is 1.89 bits per heavy atom. The van der Waals surface area contributed by atoms with Crippen molar-refractivity contribution in [1.29, 1.82) is 0 Å². The molecule has 0 heterocycles. The monoisotopic (exact) mass is 398 g/mol. The van der Waals surface area contributed by atoms with Crippen LogP contribution >= 0.6 is 0 Å². The van der Waals surface area contributed by atoms with Gasteiger partial charge in [-0.1, -0.05) is 0 Å². The number of alkyl carbamates (subject to hydrolysis) is 1. The third-order valence-electron chi connectivity index (χ3n) is 3.41. The fourth-order valence-corrected chi connectivity index (χ4v) is 2.22. The van der Waals surface area contributed by atoms with Crippen LogP contribution in [0.15, 0.2) is 18.2 Å². The molecule has 0 spiro atoms. The minimum absolute atomic E-state index is 0.152. The summed E-state index contributed by atoms with van der Waals surface area (Å²) >= 11 is 0. The number of hydrogen-bond acceptors (Lipinski definition) is 8. The maximum atomic E-state index is 12.0. The topological polar surface area (TPSA) is 126 Å². The van der Waals surface area contributed by atoms with Crippen molar-refractivity contribution in [3.05, 3.63) is 33.9 Å². The van der Waals surface area contributed by atoms with E-state index >= 15 is 0 Å². The van der Waals surface area contributed by atoms with E-state index in [9.17, 15) is 19.7 Å². The average molecular weight is 398 g/mol. The summed E-state index contributed by atoms with van der Waals surface area (Å²) in [6.45, 7) is 5.59. The van der Waals surface area contributed by atoms with Gasteiger partial charge in [-0.3, -0.25) is 10.1 Å². The second-order valence-electron chi connectivity index (χ2n) is 6.81. The molecule has 10 nitrogen and oxygen atoms in total. The van der Waals surface area contributed by atoms with Gasteiger partial charge in [-0.2, -0.15) is 0 Å². The highest BCUT2D eigenvalue weighted by Crippen LogP contribution is 2.26. The lowest BCUT2D eigenvalue weighted by Gasteiger charge is -2.22. The minimum atomic E-state index is -1.15. The molecule has 1 rings (SSSR count). The van der Waals surface area contributed by atoms with Crippen LogP contribution in [0.5, 0.6) is 5.75 Å². The number of methoxy groups -OCH3 is 2. The fourth-order valence-electron chi connectivity index (χ4n) is 2.22. The minimum Gasteiger partial charge on any atom is -0.491 e. The van der Waals surface area contributed by atoms with Gasteiger partial charge in [0.05, 0.1) is 24.7 Å². The van der Waals surface area contributed by atoms with E-state index in [1.165, 1.54) is 19.2 Å². The number of ether oxygens (including phenoxy) is 4. The number of carbonyl (C=O) groups is 2. The van der Waals surface area contributed by atoms with Crippen molar-refractivity contribution < 1.29 is 33.5 Å². The van der Waals surface area contributed by atoms with Gasteiger partial charge in [0, 0.05) is 19.1 Å². The van der Waals surface area contributed by atoms with E-state index in [0.717, 1.165) is 7.11 Å². The van der Waals surface area contributed by atoms with Crippen LogP contribution in [0.3, 0.4) is 0 Å². The molecule has 0 saturated carbocycles. The molecular weight excluding hydrogens is 372 g/mol. The Morgan fingerprint density at radius 1 is 1.21 bits per heavy atom. The van der Waals surface area contributed by atoms with Crippen molar-refractivity contribution in [3.8, 4) is 5.75 Å². The molecule has 0 radical (unpaired) electrons. The lowest BCUT2D eigenvalue weighted by molar-refractivity contribution is -0.385. The molecule has 1 atom stereocenters. The van der Waals surface area contributed by atoms with Crippen molar-refractivity contribution in [1.82, 2.24) is 5.32 Å². The van der Waals surface area contributed by atoms with E-state index in [2.05, 4.69) is 10.1 Å². The van der Waals surface area contributed by atoms with Gasteiger partial charge in [0.1, 0.15) is 24.0 Å². The van der Waals surface area contributed by atoms with Crippen LogP contribution in [-0.4, -0.2) is 56.1 Å². The van der Waals surface area contributed by atoms with E-state index in [1.807, 2.05) is 0 Å². The number of amides is 1. The molecule has 0 aliphatic carbocycles. The Balaban J connectivity index is 3.02. The van der Waals surface area contributed by atoms with Crippen molar-refractivity contribution in [3.63, 3.8) is 0 Å². The predicted molar refractivity (Wildman–Crippen MR) is 99.3 cm³/mol. The van der Waals surface area contributed by atoms with Crippen molar-refractivity contribution in [2.24, 2.45) is 0 Å². The third kappa shape index (κ3) is 7.78. The second kappa shape index (κ2) is 10.5. The number of nitrogens with zero attached hydrogens (tertiary/aromatic N) is 1. The zero-order valence-electron chi connectivity index (χ0n) is 16.6. The molecule has 10 heteroatoms. The number of esters is 1. The first-order chi connectivity index (χ1) is 13.1. The van der Waals surface area contributed by atoms with E-state index in [4.69, 9.17) is 14.2 Å². The Labute approximate surface area is 163 Å². The standard InChI is InChI=1S/C18H26N2O8/c1-18(2,3)28-17(22)19-14(16(21)26-5)10-12-6-7-13(27-9-8-25-4)11-15(12)20(23)24/h6-7,11,14H,8-10H2,1-5H3,(H,19,22). The average Bonchev–Trinajstić information content (AvgIpc) is 2.59. The quantitative estimate of drug-likeness (QED) is 0.290. The van der Waals surface area contributed by atoms with Crippen molar-refractivity contribution in [2.45, 2.75) is 38.8 Å². The van der Waals surface area contributed by atoms with Gasteiger partial charge in [-0.05, 0) is 32.9 Å². The van der Waals surface area contributed by atoms with Gasteiger partial charge in [0.25, 0.3) is 5.69 Å². The summed E-state index contributed by atoms with van der Waals surface area (Å²) in [7, 11) is 2.67. The van der Waals surface area contributed by atoms with Crippen LogP contribution in [0.1, 0.15) is 26.3 Å². The SMILES string of the molecule is COCCOc1ccc(CC(NC(=O)OC(C)(C)C)C(=O)OC)c([N+](=O)[O-])c1. The smallest absolute Gasteiger partial charge is 0.408 e. The Bertz CT molecular complexity index is 699. The first kappa shape index (κ1) is 23.2. The van der Waals surface area contributed by atoms with E-state index in [-0.39, 0.29) is 24.3 Å². The van der Waals surface area contributed by atoms with Crippen LogP contribution in [0.4, 0.5) is 10.5 Å². The molecule has 1 aromatic carbocycles. The third-order valence-corrected chi connectivity index (χ3v) is 3.41. The lowest BCUT2D eigenvalue weighted by Crippen LogP contribution is -2.45. The largest absolute Gasteiger partial charge is 0.491 e. The molecule has 1 aromatic rings. The summed E-state index contributed by atoms with van der Waals surface area (Å²) in [5, 5.41) is 13.8. The lowest BCUT2D eigenvalue weighted by atomic mass is 10.0. The van der Waals surface area contributed by atoms with Gasteiger partial charge in [-0.15, -0.1) is 0 Å². The number of nitro benzene ring substituents is 1. The summed E-state index contributed by atoms with van der Waals surface area (Å²) < 4.78 is 20.1. The van der Waals surface area contributed by atoms with Gasteiger partial charge in [-0.25, -0.2) is 9.59 Å². The van der Waals surface area contributed by atoms with E-state index in [1.54, 1.807) is 26.8 Å². The van der Waals surface area contributed by atoms with Gasteiger partial charge in [0.15, 0.2) is 0 Å². The van der Waals surface area contributed by atoms with Crippen LogP contribution in [0.2, 0.25) is 0 Å². The van der Waals surface area contributed by atoms with Crippen LogP contribution in [-0.2, 0) is 25.4 Å². The molecule has 0 bridgehead atoms. The predicted octanol–water partition coefficient (Wildman–Crippen LogP) is 2.23. The van der Waals surface area contributed by atoms with Gasteiger partial charge < -0.3 is 24.3 Å². The van der Waals surface area contributed by atoms with E-state index in [0.29, 0.717) is 12.4 Å². The first-order valence-corrected chi connectivity index (χ1v) is 8.53. The molecular formula is C18H26N2O8. The molecule has 156 valence electrons. The molecule has 28 heavy (non-hydrogen) atoms. The molecule has 0 fully saturated rings. The zero-order chi connectivity index (χ0) is 21.3. The highest BCUT2D eigenvalue weighted by atomic mass is 16.6. The maximum Gasteiger partial charge on any atom is 0.408 e. The van der Waals surface area contributed by atoms with Crippen LogP contribution in [0.25, 0.3) is 0 Å². The molecule has 0 aromatic heterocycles. The highest BCUT2D eigenvalue weighted by molar-refractivity contribution is 5.82. The summed E-state index contributed by atoms with van der Waals surface area (Å²) in [4.78, 5) is 34.9. The van der Waals surface area contributed by atoms with Crippen LogP contribution < -0.4 is 10.1 Å². The summed E-state index contributed by atoms with van der Waals surface area (Å²) in [6.07, 6.45) is -0.981. The normalized spacial score (nSPS) is 12.0. The summed E-state index contributed by atoms with van der Waals surface area (Å²) in [5.41, 5.74) is -0.775. The Morgan fingerprint density at radius 3 is 2.43 bits per heavy atom. The number of carbonyl (C=O) groups excluding carboxylic acids is 2. The zero-order valence-corrected chi connectivity index (χ0v) is 16.6. The summed E-state index contributed by atoms with van der Waals surface area (Å²) in [6, 6.07) is 3.11. The van der Waals surface area contributed by atoms with Crippen molar-refractivity contribution >= 4 is 17.7 Å². The molecule has 0 aliphatic heterocycles. The molecule has 1 amide bonds. The molecule has 1 unspecified atom stereocenters. The van der Waals surface area contributed by atoms with Gasteiger partial charge >= 0.3 is 12.1 Å². The van der Waals surface area contributed by atoms with Crippen molar-refractivity contribution in [2.75, 3.05) is 27.4 Å². The first-order valence-electron chi connectivity index (χ1n) is 8.53. The summed E-state index contributed by atoms with van der Waals surface area (Å²) in [5.74, 6) is -0.456. The Kier molecular flexibility index (Phi) is 8.65. The van der Waals surface area contributed by atoms with Crippen LogP contribution in [0, 0.1) is 10.1 Å². The number of benzene rings is 1. The van der Waals surface area contributed by atoms with Gasteiger partial charge in [0.2, 0.25) is 0 Å². The number of nitrogens with one attached hydrogen (secondary N) is 1. The molecule has 0 aliphatic rings. The van der Waals surface area contributed by atoms with E-state index < -0.39 is 28.6 Å². The fraction of sp³-hybridized carbons (Fsp3) is 0.556. The number of hydrogen-bond donors (Lipinski definition) is 1. The second-order valence-corrected chi connectivity index (χ2v) is 6.81.